The Morgan fingerprint density at radius 2 is 2.12 bits per heavy atom. The highest BCUT2D eigenvalue weighted by Crippen LogP contribution is 2.34. The Morgan fingerprint density at radius 1 is 1.32 bits per heavy atom. The Morgan fingerprint density at radius 3 is 2.92 bits per heavy atom. The van der Waals surface area contributed by atoms with Crippen molar-refractivity contribution in [3.8, 4) is 11.5 Å². The van der Waals surface area contributed by atoms with Gasteiger partial charge in [0.25, 0.3) is 0 Å². The highest BCUT2D eigenvalue weighted by molar-refractivity contribution is 6.07. The van der Waals surface area contributed by atoms with Crippen LogP contribution in [-0.4, -0.2) is 35.6 Å². The number of hydrogen-bond acceptors (Lipinski definition) is 7. The summed E-state index contributed by atoms with van der Waals surface area (Å²) in [6.07, 6.45) is 0.0262. The molecule has 0 unspecified atom stereocenters. The van der Waals surface area contributed by atoms with Crippen LogP contribution >= 0.6 is 0 Å². The zero-order valence-electron chi connectivity index (χ0n) is 13.8. The lowest BCUT2D eigenvalue weighted by Crippen LogP contribution is -2.61. The smallest absolute Gasteiger partial charge is 0.249 e. The van der Waals surface area contributed by atoms with Crippen LogP contribution in [0.25, 0.3) is 0 Å². The van der Waals surface area contributed by atoms with Crippen molar-refractivity contribution in [2.45, 2.75) is 26.3 Å². The molecule has 3 N–H and O–H groups in total. The number of hydrogen-bond donors (Lipinski definition) is 3. The van der Waals surface area contributed by atoms with Crippen molar-refractivity contribution in [1.82, 2.24) is 15.8 Å². The first-order valence-corrected chi connectivity index (χ1v) is 7.83. The van der Waals surface area contributed by atoms with Crippen molar-refractivity contribution >= 4 is 23.5 Å². The Balaban J connectivity index is 1.54. The quantitative estimate of drug-likeness (QED) is 0.729. The number of allylic oxidation sites excluding steroid dienone is 1. The molecule has 0 radical (unpaired) electrons. The normalized spacial score (nSPS) is 20.5. The molecule has 0 aromatic heterocycles. The summed E-state index contributed by atoms with van der Waals surface area (Å²) in [5.74, 6) is 1.60. The number of carbonyl (C=O) groups is 2. The van der Waals surface area contributed by atoms with Crippen LogP contribution in [-0.2, 0) is 9.59 Å². The maximum absolute atomic E-state index is 12.7. The number of hydrazine groups is 1. The number of amides is 2. The standard InChI is InChI=1S/C16H17N5O4/c1-8(2)14-19-16-18-13(22)6-10(21(16)20-14)15(23)17-9-3-4-11-12(5-9)25-7-24-11/h3-5,10,20H,6-7H2,1-2H3,(H,17,23)(H,18,19,22)/t10-/m1/s1. The minimum atomic E-state index is -0.713. The van der Waals surface area contributed by atoms with Crippen molar-refractivity contribution in [3.63, 3.8) is 0 Å². The summed E-state index contributed by atoms with van der Waals surface area (Å²) in [6.45, 7) is 3.96. The average Bonchev–Trinajstić information content (AvgIpc) is 3.19. The van der Waals surface area contributed by atoms with Gasteiger partial charge in [0.05, 0.1) is 6.42 Å². The molecule has 0 bridgehead atoms. The van der Waals surface area contributed by atoms with Crippen LogP contribution in [0, 0.1) is 0 Å². The average molecular weight is 343 g/mol. The fourth-order valence-electron chi connectivity index (χ4n) is 2.74. The van der Waals surface area contributed by atoms with Gasteiger partial charge in [-0.15, -0.1) is 0 Å². The lowest BCUT2D eigenvalue weighted by atomic mass is 10.1. The van der Waals surface area contributed by atoms with Crippen LogP contribution in [0.2, 0.25) is 0 Å². The van der Waals surface area contributed by atoms with Crippen LogP contribution in [0.5, 0.6) is 11.5 Å². The number of nitrogens with one attached hydrogen (secondary N) is 3. The molecule has 0 spiro atoms. The van der Waals surface area contributed by atoms with Gasteiger partial charge in [0, 0.05) is 11.8 Å². The largest absolute Gasteiger partial charge is 0.454 e. The molecule has 9 nitrogen and oxygen atoms in total. The van der Waals surface area contributed by atoms with Gasteiger partial charge in [-0.2, -0.15) is 4.99 Å². The number of carbonyl (C=O) groups excluding carboxylic acids is 2. The molecule has 1 atom stereocenters. The molecule has 3 aliphatic rings. The number of fused-ring (bicyclic) bond motifs is 2. The summed E-state index contributed by atoms with van der Waals surface area (Å²) < 4.78 is 10.6. The van der Waals surface area contributed by atoms with E-state index in [0.29, 0.717) is 29.0 Å². The van der Waals surface area contributed by atoms with Gasteiger partial charge >= 0.3 is 0 Å². The second kappa shape index (κ2) is 5.69. The van der Waals surface area contributed by atoms with Crippen molar-refractivity contribution < 1.29 is 19.1 Å². The summed E-state index contributed by atoms with van der Waals surface area (Å²) >= 11 is 0. The van der Waals surface area contributed by atoms with Crippen molar-refractivity contribution in [1.29, 1.82) is 0 Å². The van der Waals surface area contributed by atoms with E-state index in [1.54, 1.807) is 23.2 Å². The maximum atomic E-state index is 12.7. The second-order valence-corrected chi connectivity index (χ2v) is 6.09. The minimum Gasteiger partial charge on any atom is -0.454 e. The van der Waals surface area contributed by atoms with Crippen LogP contribution in [0.1, 0.15) is 20.3 Å². The fraction of sp³-hybridized carbons (Fsp3) is 0.312. The van der Waals surface area contributed by atoms with Gasteiger partial charge in [-0.1, -0.05) is 0 Å². The number of benzene rings is 1. The van der Waals surface area contributed by atoms with E-state index in [9.17, 15) is 9.59 Å². The molecule has 130 valence electrons. The zero-order valence-corrected chi connectivity index (χ0v) is 13.8. The Bertz CT molecular complexity index is 828. The van der Waals surface area contributed by atoms with Crippen LogP contribution < -0.4 is 25.5 Å². The topological polar surface area (TPSA) is 104 Å². The molecule has 1 aromatic carbocycles. The molecule has 2 amide bonds. The third-order valence-electron chi connectivity index (χ3n) is 4.03. The molecule has 4 rings (SSSR count). The Kier molecular flexibility index (Phi) is 3.48. The molecule has 25 heavy (non-hydrogen) atoms. The molecule has 0 saturated carbocycles. The summed E-state index contributed by atoms with van der Waals surface area (Å²) in [5, 5.41) is 7.06. The molecule has 1 aromatic rings. The van der Waals surface area contributed by atoms with E-state index in [1.807, 2.05) is 13.8 Å². The highest BCUT2D eigenvalue weighted by atomic mass is 16.7. The molecule has 3 aliphatic heterocycles. The molecular formula is C16H17N5O4. The van der Waals surface area contributed by atoms with Crippen molar-refractivity contribution in [2.24, 2.45) is 4.99 Å². The molecule has 1 fully saturated rings. The SMILES string of the molecule is CC(C)=C1N=C2NC(=O)C[C@H](C(=O)Nc3ccc4c(c3)OCO4)N2N1. The van der Waals surface area contributed by atoms with Gasteiger partial charge in [-0.25, -0.2) is 5.01 Å². The summed E-state index contributed by atoms with van der Waals surface area (Å²) in [5.41, 5.74) is 4.58. The predicted molar refractivity (Wildman–Crippen MR) is 88.5 cm³/mol. The van der Waals surface area contributed by atoms with E-state index in [2.05, 4.69) is 21.1 Å². The van der Waals surface area contributed by atoms with Crippen LogP contribution in [0.4, 0.5) is 5.69 Å². The van der Waals surface area contributed by atoms with E-state index in [1.165, 1.54) is 0 Å². The number of guanidine groups is 1. The van der Waals surface area contributed by atoms with Crippen molar-refractivity contribution in [2.75, 3.05) is 12.1 Å². The van der Waals surface area contributed by atoms with Gasteiger partial charge in [-0.3, -0.25) is 20.3 Å². The van der Waals surface area contributed by atoms with E-state index >= 15 is 0 Å². The van der Waals surface area contributed by atoms with E-state index in [0.717, 1.165) is 5.57 Å². The molecule has 9 heteroatoms. The van der Waals surface area contributed by atoms with Gasteiger partial charge < -0.3 is 14.8 Å². The Labute approximate surface area is 143 Å². The van der Waals surface area contributed by atoms with Crippen LogP contribution in [0.3, 0.4) is 0 Å². The lowest BCUT2D eigenvalue weighted by Gasteiger charge is -2.32. The maximum Gasteiger partial charge on any atom is 0.249 e. The number of aliphatic imine (C=N–C) groups is 1. The third kappa shape index (κ3) is 2.73. The number of ether oxygens (including phenoxy) is 2. The number of anilines is 1. The summed E-state index contributed by atoms with van der Waals surface area (Å²) in [6, 6.07) is 4.43. The molecular weight excluding hydrogens is 326 g/mol. The van der Waals surface area contributed by atoms with Gasteiger partial charge in [0.15, 0.2) is 11.5 Å². The summed E-state index contributed by atoms with van der Waals surface area (Å²) in [7, 11) is 0. The second-order valence-electron chi connectivity index (χ2n) is 6.09. The highest BCUT2D eigenvalue weighted by Gasteiger charge is 2.39. The first-order chi connectivity index (χ1) is 12.0. The Hall–Kier alpha value is -3.23. The van der Waals surface area contributed by atoms with Crippen molar-refractivity contribution in [3.05, 3.63) is 29.6 Å². The number of nitrogens with zero attached hydrogens (tertiary/aromatic N) is 2. The van der Waals surface area contributed by atoms with E-state index in [-0.39, 0.29) is 25.0 Å². The first kappa shape index (κ1) is 15.3. The van der Waals surface area contributed by atoms with Crippen LogP contribution in [0.15, 0.2) is 34.6 Å². The predicted octanol–water partition coefficient (Wildman–Crippen LogP) is 0.670. The van der Waals surface area contributed by atoms with E-state index < -0.39 is 6.04 Å². The molecule has 0 aliphatic carbocycles. The summed E-state index contributed by atoms with van der Waals surface area (Å²) in [4.78, 5) is 28.9. The zero-order chi connectivity index (χ0) is 17.6. The minimum absolute atomic E-state index is 0.0262. The third-order valence-corrected chi connectivity index (χ3v) is 4.03. The molecule has 3 heterocycles. The van der Waals surface area contributed by atoms with E-state index in [4.69, 9.17) is 9.47 Å². The van der Waals surface area contributed by atoms with Gasteiger partial charge in [0.2, 0.25) is 24.6 Å². The first-order valence-electron chi connectivity index (χ1n) is 7.83. The molecule has 1 saturated heterocycles. The lowest BCUT2D eigenvalue weighted by molar-refractivity contribution is -0.129. The number of rotatable bonds is 2. The fourth-order valence-corrected chi connectivity index (χ4v) is 2.74. The van der Waals surface area contributed by atoms with Gasteiger partial charge in [0.1, 0.15) is 11.9 Å². The monoisotopic (exact) mass is 343 g/mol. The van der Waals surface area contributed by atoms with Gasteiger partial charge in [-0.05, 0) is 31.6 Å².